The fourth-order valence-corrected chi connectivity index (χ4v) is 4.19. The van der Waals surface area contributed by atoms with Crippen LogP contribution >= 0.6 is 0 Å². The molecule has 0 N–H and O–H groups in total. The molecule has 8 nitrogen and oxygen atoms in total. The van der Waals surface area contributed by atoms with Gasteiger partial charge in [-0.25, -0.2) is 9.59 Å². The molecule has 0 spiro atoms. The van der Waals surface area contributed by atoms with Crippen LogP contribution in [0.2, 0.25) is 0 Å². The smallest absolute Gasteiger partial charge is 0.336 e. The molecule has 4 aromatic carbocycles. The Labute approximate surface area is 274 Å². The van der Waals surface area contributed by atoms with Crippen molar-refractivity contribution in [1.82, 2.24) is 0 Å². The largest absolute Gasteiger partial charge is 0.494 e. The van der Waals surface area contributed by atoms with Gasteiger partial charge in [0.2, 0.25) is 0 Å². The maximum atomic E-state index is 12.7. The molecule has 0 aromatic heterocycles. The van der Waals surface area contributed by atoms with Gasteiger partial charge >= 0.3 is 11.9 Å². The molecule has 8 heteroatoms. The molecule has 0 unspecified atom stereocenters. The number of hydrogen-bond acceptors (Lipinski definition) is 8. The summed E-state index contributed by atoms with van der Waals surface area (Å²) >= 11 is 0. The normalized spacial score (nSPS) is 10.9. The van der Waals surface area contributed by atoms with Crippen LogP contribution in [0.15, 0.2) is 109 Å². The highest BCUT2D eigenvalue weighted by Gasteiger charge is 2.15. The van der Waals surface area contributed by atoms with Crippen molar-refractivity contribution in [3.05, 3.63) is 131 Å². The summed E-state index contributed by atoms with van der Waals surface area (Å²) in [4.78, 5) is 50.0. The van der Waals surface area contributed by atoms with Crippen molar-refractivity contribution in [2.45, 2.75) is 33.1 Å². The summed E-state index contributed by atoms with van der Waals surface area (Å²) in [5, 5.41) is 0. The standard InChI is InChI=1S/C39H36O8/c1-3-25-44-32-15-5-28(6-16-32)9-23-38(42)46-34-19-11-30(12-20-34)36(40)27-37(41)31-13-21-35(22-14-31)47-39(43)24-10-29-7-17-33(18-8-29)45-26-4-2/h5-24H,3-4,25-27H2,1-2H3/b23-9+,24-10+. The average molecular weight is 633 g/mol. The second-order valence-electron chi connectivity index (χ2n) is 10.4. The molecule has 0 saturated carbocycles. The molecule has 0 amide bonds. The minimum absolute atomic E-state index is 0.265. The van der Waals surface area contributed by atoms with Gasteiger partial charge in [0.05, 0.1) is 19.6 Å². The fourth-order valence-electron chi connectivity index (χ4n) is 4.19. The van der Waals surface area contributed by atoms with Gasteiger partial charge in [0.1, 0.15) is 23.0 Å². The number of carbonyl (C=O) groups is 4. The van der Waals surface area contributed by atoms with E-state index in [9.17, 15) is 19.2 Å². The Bertz CT molecular complexity index is 1570. The lowest BCUT2D eigenvalue weighted by Gasteiger charge is -2.06. The molecule has 0 aliphatic heterocycles. The third-order valence-corrected chi connectivity index (χ3v) is 6.64. The minimum Gasteiger partial charge on any atom is -0.494 e. The molecule has 0 aliphatic rings. The Kier molecular flexibility index (Phi) is 12.8. The highest BCUT2D eigenvalue weighted by Crippen LogP contribution is 2.19. The van der Waals surface area contributed by atoms with Gasteiger partial charge in [0.15, 0.2) is 11.6 Å². The summed E-state index contributed by atoms with van der Waals surface area (Å²) in [6.07, 6.45) is 7.38. The van der Waals surface area contributed by atoms with Gasteiger partial charge in [-0.1, -0.05) is 38.1 Å². The number of ether oxygens (including phenoxy) is 4. The molecular weight excluding hydrogens is 596 g/mol. The van der Waals surface area contributed by atoms with Gasteiger partial charge in [-0.2, -0.15) is 0 Å². The zero-order chi connectivity index (χ0) is 33.4. The van der Waals surface area contributed by atoms with E-state index in [1.807, 2.05) is 62.4 Å². The van der Waals surface area contributed by atoms with E-state index in [2.05, 4.69) is 0 Å². The van der Waals surface area contributed by atoms with Crippen molar-refractivity contribution in [1.29, 1.82) is 0 Å². The monoisotopic (exact) mass is 632 g/mol. The van der Waals surface area contributed by atoms with E-state index >= 15 is 0 Å². The predicted octanol–water partition coefficient (Wildman–Crippen LogP) is 7.96. The van der Waals surface area contributed by atoms with Crippen LogP contribution < -0.4 is 18.9 Å². The van der Waals surface area contributed by atoms with Crippen LogP contribution in [0.25, 0.3) is 12.2 Å². The number of esters is 2. The van der Waals surface area contributed by atoms with Crippen LogP contribution in [0.1, 0.15) is 65.0 Å². The highest BCUT2D eigenvalue weighted by molar-refractivity contribution is 6.13. The van der Waals surface area contributed by atoms with Crippen molar-refractivity contribution in [2.75, 3.05) is 13.2 Å². The Morgan fingerprint density at radius 2 is 0.830 bits per heavy atom. The molecule has 0 heterocycles. The Hall–Kier alpha value is -5.76. The molecular formula is C39H36O8. The van der Waals surface area contributed by atoms with E-state index in [4.69, 9.17) is 18.9 Å². The molecule has 4 rings (SSSR count). The van der Waals surface area contributed by atoms with E-state index in [1.165, 1.54) is 60.7 Å². The zero-order valence-electron chi connectivity index (χ0n) is 26.3. The fraction of sp³-hybridized carbons (Fsp3) is 0.179. The van der Waals surface area contributed by atoms with Gasteiger partial charge < -0.3 is 18.9 Å². The molecule has 0 fully saturated rings. The molecule has 0 aliphatic carbocycles. The van der Waals surface area contributed by atoms with Gasteiger partial charge in [-0.15, -0.1) is 0 Å². The lowest BCUT2D eigenvalue weighted by Crippen LogP contribution is -2.09. The number of hydrogen-bond donors (Lipinski definition) is 0. The first kappa shape index (κ1) is 34.1. The zero-order valence-corrected chi connectivity index (χ0v) is 26.3. The van der Waals surface area contributed by atoms with Gasteiger partial charge in [0, 0.05) is 23.3 Å². The van der Waals surface area contributed by atoms with Crippen molar-refractivity contribution >= 4 is 35.7 Å². The quantitative estimate of drug-likeness (QED) is 0.0403. The van der Waals surface area contributed by atoms with Crippen LogP contribution in [0.5, 0.6) is 23.0 Å². The van der Waals surface area contributed by atoms with E-state index in [0.717, 1.165) is 35.5 Å². The van der Waals surface area contributed by atoms with Crippen molar-refractivity contribution in [3.8, 4) is 23.0 Å². The third kappa shape index (κ3) is 11.3. The second kappa shape index (κ2) is 17.7. The van der Waals surface area contributed by atoms with E-state index in [-0.39, 0.29) is 29.5 Å². The number of ketones is 2. The van der Waals surface area contributed by atoms with E-state index in [0.29, 0.717) is 24.3 Å². The van der Waals surface area contributed by atoms with Crippen molar-refractivity contribution < 1.29 is 38.1 Å². The Morgan fingerprint density at radius 1 is 0.489 bits per heavy atom. The first-order valence-corrected chi connectivity index (χ1v) is 15.3. The van der Waals surface area contributed by atoms with Crippen molar-refractivity contribution in [2.24, 2.45) is 0 Å². The predicted molar refractivity (Wildman–Crippen MR) is 180 cm³/mol. The highest BCUT2D eigenvalue weighted by atomic mass is 16.5. The van der Waals surface area contributed by atoms with Crippen LogP contribution in [0.3, 0.4) is 0 Å². The SMILES string of the molecule is CCCOc1ccc(/C=C/C(=O)Oc2ccc(C(=O)CC(=O)c3ccc(OC(=O)/C=C/c4ccc(OCCC)cc4)cc3)cc2)cc1. The van der Waals surface area contributed by atoms with Crippen LogP contribution in [0, 0.1) is 0 Å². The number of Topliss-reactive ketones (excluding diaryl/α,β-unsaturated/α-hetero) is 2. The maximum Gasteiger partial charge on any atom is 0.336 e. The van der Waals surface area contributed by atoms with Crippen LogP contribution in [-0.4, -0.2) is 36.7 Å². The summed E-state index contributed by atoms with van der Waals surface area (Å²) in [5.74, 6) is 0.146. The van der Waals surface area contributed by atoms with Crippen molar-refractivity contribution in [3.63, 3.8) is 0 Å². The summed E-state index contributed by atoms with van der Waals surface area (Å²) in [6, 6.07) is 26.7. The van der Waals surface area contributed by atoms with Gasteiger partial charge in [0.25, 0.3) is 0 Å². The Balaban J connectivity index is 1.22. The van der Waals surface area contributed by atoms with Gasteiger partial charge in [-0.05, 0) is 109 Å². The molecule has 0 radical (unpaired) electrons. The second-order valence-corrected chi connectivity index (χ2v) is 10.4. The number of carbonyl (C=O) groups excluding carboxylic acids is 4. The maximum absolute atomic E-state index is 12.7. The summed E-state index contributed by atoms with van der Waals surface area (Å²) < 4.78 is 21.7. The molecule has 4 aromatic rings. The summed E-state index contributed by atoms with van der Waals surface area (Å²) in [7, 11) is 0. The first-order chi connectivity index (χ1) is 22.8. The number of rotatable bonds is 16. The molecule has 240 valence electrons. The topological polar surface area (TPSA) is 105 Å². The third-order valence-electron chi connectivity index (χ3n) is 6.64. The summed E-state index contributed by atoms with van der Waals surface area (Å²) in [6.45, 7) is 5.35. The summed E-state index contributed by atoms with van der Waals surface area (Å²) in [5.41, 5.74) is 2.24. The van der Waals surface area contributed by atoms with E-state index < -0.39 is 11.9 Å². The minimum atomic E-state index is -0.571. The number of benzene rings is 4. The molecule has 0 bridgehead atoms. The van der Waals surface area contributed by atoms with Gasteiger partial charge in [-0.3, -0.25) is 9.59 Å². The lowest BCUT2D eigenvalue weighted by molar-refractivity contribution is -0.129. The first-order valence-electron chi connectivity index (χ1n) is 15.3. The average Bonchev–Trinajstić information content (AvgIpc) is 3.09. The molecule has 0 saturated heterocycles. The molecule has 47 heavy (non-hydrogen) atoms. The van der Waals surface area contributed by atoms with E-state index in [1.54, 1.807) is 12.2 Å². The molecule has 0 atom stereocenters. The van der Waals surface area contributed by atoms with Crippen LogP contribution in [0.4, 0.5) is 0 Å². The lowest BCUT2D eigenvalue weighted by atomic mass is 10.0. The Morgan fingerprint density at radius 3 is 1.17 bits per heavy atom. The van der Waals surface area contributed by atoms with Crippen LogP contribution in [-0.2, 0) is 9.59 Å².